The van der Waals surface area contributed by atoms with Gasteiger partial charge in [0, 0.05) is 25.6 Å². The van der Waals surface area contributed by atoms with Gasteiger partial charge in [-0.25, -0.2) is 0 Å². The number of carbonyl (C=O) groups is 1. The Morgan fingerprint density at radius 1 is 1.61 bits per heavy atom. The lowest BCUT2D eigenvalue weighted by atomic mass is 10.1. The van der Waals surface area contributed by atoms with Gasteiger partial charge in [-0.2, -0.15) is 0 Å². The van der Waals surface area contributed by atoms with Crippen LogP contribution in [0.1, 0.15) is 31.9 Å². The van der Waals surface area contributed by atoms with Crippen molar-refractivity contribution in [2.24, 2.45) is 5.73 Å². The van der Waals surface area contributed by atoms with Crippen LogP contribution < -0.4 is 11.1 Å². The van der Waals surface area contributed by atoms with Crippen LogP contribution in [-0.2, 0) is 16.1 Å². The summed E-state index contributed by atoms with van der Waals surface area (Å²) in [5.41, 5.74) is 5.68. The highest BCUT2D eigenvalue weighted by Gasteiger charge is 2.06. The summed E-state index contributed by atoms with van der Waals surface area (Å²) in [5.74, 6) is 0.823. The number of ether oxygens (including phenoxy) is 1. The Morgan fingerprint density at radius 3 is 3.11 bits per heavy atom. The SMILES string of the molecule is CCC(N)CC(=O)NCCCOCc1ccco1. The lowest BCUT2D eigenvalue weighted by Crippen LogP contribution is -2.32. The van der Waals surface area contributed by atoms with Gasteiger partial charge in [-0.3, -0.25) is 4.79 Å². The highest BCUT2D eigenvalue weighted by atomic mass is 16.5. The maximum absolute atomic E-state index is 11.4. The molecule has 0 saturated heterocycles. The van der Waals surface area contributed by atoms with Crippen molar-refractivity contribution < 1.29 is 13.9 Å². The Kier molecular flexibility index (Phi) is 7.13. The molecule has 0 aliphatic carbocycles. The molecule has 1 atom stereocenters. The molecule has 0 radical (unpaired) electrons. The van der Waals surface area contributed by atoms with E-state index in [4.69, 9.17) is 14.9 Å². The number of amides is 1. The molecule has 0 saturated carbocycles. The predicted octanol–water partition coefficient (Wildman–Crippen LogP) is 1.43. The van der Waals surface area contributed by atoms with E-state index in [9.17, 15) is 4.79 Å². The second-order valence-electron chi connectivity index (χ2n) is 4.21. The summed E-state index contributed by atoms with van der Waals surface area (Å²) >= 11 is 0. The van der Waals surface area contributed by atoms with Gasteiger partial charge in [-0.05, 0) is 25.0 Å². The van der Waals surface area contributed by atoms with Gasteiger partial charge in [-0.15, -0.1) is 0 Å². The molecule has 0 spiro atoms. The molecule has 1 aromatic heterocycles. The molecule has 0 aliphatic heterocycles. The molecule has 1 unspecified atom stereocenters. The molecule has 18 heavy (non-hydrogen) atoms. The number of hydrogen-bond acceptors (Lipinski definition) is 4. The van der Waals surface area contributed by atoms with E-state index in [0.29, 0.717) is 26.2 Å². The lowest BCUT2D eigenvalue weighted by molar-refractivity contribution is -0.121. The van der Waals surface area contributed by atoms with E-state index in [2.05, 4.69) is 5.32 Å². The molecule has 0 bridgehead atoms. The quantitative estimate of drug-likeness (QED) is 0.653. The molecule has 1 rings (SSSR count). The molecule has 0 fully saturated rings. The van der Waals surface area contributed by atoms with Crippen molar-refractivity contribution >= 4 is 5.91 Å². The van der Waals surface area contributed by atoms with E-state index in [-0.39, 0.29) is 11.9 Å². The minimum Gasteiger partial charge on any atom is -0.467 e. The van der Waals surface area contributed by atoms with Crippen LogP contribution >= 0.6 is 0 Å². The van der Waals surface area contributed by atoms with E-state index in [1.807, 2.05) is 19.1 Å². The highest BCUT2D eigenvalue weighted by Crippen LogP contribution is 2.01. The fraction of sp³-hybridized carbons (Fsp3) is 0.615. The number of carbonyl (C=O) groups excluding carboxylic acids is 1. The van der Waals surface area contributed by atoms with Crippen LogP contribution in [0.4, 0.5) is 0 Å². The van der Waals surface area contributed by atoms with Gasteiger partial charge in [0.1, 0.15) is 12.4 Å². The summed E-state index contributed by atoms with van der Waals surface area (Å²) in [6.07, 6.45) is 3.62. The van der Waals surface area contributed by atoms with Crippen LogP contribution in [0, 0.1) is 0 Å². The molecule has 1 aromatic rings. The van der Waals surface area contributed by atoms with Crippen LogP contribution in [0.15, 0.2) is 22.8 Å². The average molecular weight is 254 g/mol. The van der Waals surface area contributed by atoms with Crippen molar-refractivity contribution in [3.05, 3.63) is 24.2 Å². The highest BCUT2D eigenvalue weighted by molar-refractivity contribution is 5.76. The summed E-state index contributed by atoms with van der Waals surface area (Å²) < 4.78 is 10.5. The van der Waals surface area contributed by atoms with E-state index in [1.54, 1.807) is 6.26 Å². The largest absolute Gasteiger partial charge is 0.467 e. The van der Waals surface area contributed by atoms with Gasteiger partial charge < -0.3 is 20.2 Å². The van der Waals surface area contributed by atoms with Gasteiger partial charge in [0.15, 0.2) is 0 Å². The van der Waals surface area contributed by atoms with E-state index in [1.165, 1.54) is 0 Å². The first-order chi connectivity index (χ1) is 8.72. The summed E-state index contributed by atoms with van der Waals surface area (Å²) in [4.78, 5) is 11.4. The molecular formula is C13H22N2O3. The van der Waals surface area contributed by atoms with E-state index < -0.39 is 0 Å². The fourth-order valence-electron chi connectivity index (χ4n) is 1.42. The monoisotopic (exact) mass is 254 g/mol. The molecule has 5 heteroatoms. The summed E-state index contributed by atoms with van der Waals surface area (Å²) in [6.45, 7) is 3.66. The summed E-state index contributed by atoms with van der Waals surface area (Å²) in [7, 11) is 0. The zero-order valence-electron chi connectivity index (χ0n) is 10.9. The first-order valence-electron chi connectivity index (χ1n) is 6.34. The average Bonchev–Trinajstić information content (AvgIpc) is 2.86. The third-order valence-corrected chi connectivity index (χ3v) is 2.58. The Morgan fingerprint density at radius 2 is 2.44 bits per heavy atom. The third-order valence-electron chi connectivity index (χ3n) is 2.58. The Balaban J connectivity index is 1.93. The Labute approximate surface area is 108 Å². The number of furan rings is 1. The minimum absolute atomic E-state index is 0.00962. The molecule has 102 valence electrons. The number of nitrogens with two attached hydrogens (primary N) is 1. The predicted molar refractivity (Wildman–Crippen MR) is 68.9 cm³/mol. The second-order valence-corrected chi connectivity index (χ2v) is 4.21. The van der Waals surface area contributed by atoms with Gasteiger partial charge in [-0.1, -0.05) is 6.92 Å². The van der Waals surface area contributed by atoms with Crippen molar-refractivity contribution in [1.29, 1.82) is 0 Å². The normalized spacial score (nSPS) is 12.3. The molecule has 1 heterocycles. The van der Waals surface area contributed by atoms with Gasteiger partial charge in [0.05, 0.1) is 6.26 Å². The number of hydrogen-bond donors (Lipinski definition) is 2. The van der Waals surface area contributed by atoms with Crippen molar-refractivity contribution in [2.75, 3.05) is 13.2 Å². The van der Waals surface area contributed by atoms with Gasteiger partial charge >= 0.3 is 0 Å². The summed E-state index contributed by atoms with van der Waals surface area (Å²) in [6, 6.07) is 3.66. The number of rotatable bonds is 9. The molecule has 5 nitrogen and oxygen atoms in total. The Bertz CT molecular complexity index is 325. The third kappa shape index (κ3) is 6.42. The van der Waals surface area contributed by atoms with Gasteiger partial charge in [0.25, 0.3) is 0 Å². The van der Waals surface area contributed by atoms with Crippen LogP contribution in [0.5, 0.6) is 0 Å². The topological polar surface area (TPSA) is 77.5 Å². The zero-order valence-corrected chi connectivity index (χ0v) is 10.9. The van der Waals surface area contributed by atoms with Crippen molar-refractivity contribution in [3.8, 4) is 0 Å². The van der Waals surface area contributed by atoms with E-state index in [0.717, 1.165) is 18.6 Å². The molecular weight excluding hydrogens is 232 g/mol. The minimum atomic E-state index is -0.0415. The molecule has 1 amide bonds. The zero-order chi connectivity index (χ0) is 13.2. The van der Waals surface area contributed by atoms with Crippen molar-refractivity contribution in [1.82, 2.24) is 5.32 Å². The van der Waals surface area contributed by atoms with Crippen LogP contribution in [-0.4, -0.2) is 25.1 Å². The van der Waals surface area contributed by atoms with Crippen LogP contribution in [0.2, 0.25) is 0 Å². The summed E-state index contributed by atoms with van der Waals surface area (Å²) in [5, 5.41) is 2.82. The second kappa shape index (κ2) is 8.72. The maximum atomic E-state index is 11.4. The molecule has 0 aromatic carbocycles. The first-order valence-corrected chi connectivity index (χ1v) is 6.34. The van der Waals surface area contributed by atoms with Crippen LogP contribution in [0.3, 0.4) is 0 Å². The lowest BCUT2D eigenvalue weighted by Gasteiger charge is -2.09. The Hall–Kier alpha value is -1.33. The maximum Gasteiger partial charge on any atom is 0.221 e. The van der Waals surface area contributed by atoms with Crippen molar-refractivity contribution in [2.45, 2.75) is 38.8 Å². The number of nitrogens with one attached hydrogen (secondary N) is 1. The van der Waals surface area contributed by atoms with Crippen molar-refractivity contribution in [3.63, 3.8) is 0 Å². The van der Waals surface area contributed by atoms with E-state index >= 15 is 0 Å². The molecule has 0 aliphatic rings. The van der Waals surface area contributed by atoms with Gasteiger partial charge in [0.2, 0.25) is 5.91 Å². The fourth-order valence-corrected chi connectivity index (χ4v) is 1.42. The standard InChI is InChI=1S/C13H22N2O3/c1-2-11(14)9-13(16)15-6-4-7-17-10-12-5-3-8-18-12/h3,5,8,11H,2,4,6-7,9-10,14H2,1H3,(H,15,16). The smallest absolute Gasteiger partial charge is 0.221 e. The first kappa shape index (κ1) is 14.7. The molecule has 3 N–H and O–H groups in total. The van der Waals surface area contributed by atoms with Crippen LogP contribution in [0.25, 0.3) is 0 Å².